The van der Waals surface area contributed by atoms with E-state index in [1.807, 2.05) is 0 Å². The van der Waals surface area contributed by atoms with Gasteiger partial charge >= 0.3 is 11.9 Å². The largest absolute Gasteiger partial charge is 0.364 e. The molecule has 0 aromatic heterocycles. The quantitative estimate of drug-likeness (QED) is 0.239. The highest BCUT2D eigenvalue weighted by Crippen LogP contribution is 2.25. The predicted octanol–water partition coefficient (Wildman–Crippen LogP) is 5.20. The summed E-state index contributed by atoms with van der Waals surface area (Å²) in [6.07, 6.45) is 14.3. The maximum Gasteiger partial charge on any atom is 0.330 e. The van der Waals surface area contributed by atoms with Crippen molar-refractivity contribution in [3.63, 3.8) is 0 Å². The van der Waals surface area contributed by atoms with Crippen LogP contribution in [0.1, 0.15) is 103 Å². The number of unbranched alkanes of at least 4 members (excludes halogenated alkanes) is 3. The summed E-state index contributed by atoms with van der Waals surface area (Å²) in [5, 5.41) is 9.74. The van der Waals surface area contributed by atoms with Crippen molar-refractivity contribution in [1.82, 2.24) is 5.39 Å². The molecule has 0 aliphatic heterocycles. The van der Waals surface area contributed by atoms with E-state index in [2.05, 4.69) is 0 Å². The molecule has 9 heteroatoms. The van der Waals surface area contributed by atoms with E-state index >= 15 is 0 Å². The van der Waals surface area contributed by atoms with Gasteiger partial charge in [0.25, 0.3) is 0 Å². The fourth-order valence-electron chi connectivity index (χ4n) is 3.66. The summed E-state index contributed by atoms with van der Waals surface area (Å²) in [5.74, 6) is -0.806. The Morgan fingerprint density at radius 3 is 1.97 bits per heavy atom. The SMILES string of the molecule is O=C(CCCCCCC(=O)ON(O)OC1CCCCC1)OSOC1CCCCC1. The smallest absolute Gasteiger partial charge is 0.330 e. The van der Waals surface area contributed by atoms with Crippen LogP contribution < -0.4 is 0 Å². The second kappa shape index (κ2) is 15.0. The number of carbonyl (C=O) groups excluding carboxylic acids is 2. The van der Waals surface area contributed by atoms with Crippen molar-refractivity contribution in [1.29, 1.82) is 0 Å². The molecule has 29 heavy (non-hydrogen) atoms. The topological polar surface area (TPSA) is 94.5 Å². The summed E-state index contributed by atoms with van der Waals surface area (Å²) in [5.41, 5.74) is 0. The fourth-order valence-corrected chi connectivity index (χ4v) is 4.16. The van der Waals surface area contributed by atoms with Gasteiger partial charge in [-0.15, -0.1) is 0 Å². The molecule has 0 bridgehead atoms. The van der Waals surface area contributed by atoms with Crippen LogP contribution >= 0.6 is 12.3 Å². The van der Waals surface area contributed by atoms with Crippen molar-refractivity contribution in [2.45, 2.75) is 115 Å². The molecule has 0 unspecified atom stereocenters. The van der Waals surface area contributed by atoms with E-state index in [0.29, 0.717) is 19.3 Å². The first-order valence-corrected chi connectivity index (χ1v) is 11.7. The normalized spacial score (nSPS) is 18.7. The molecule has 8 nitrogen and oxygen atoms in total. The number of carbonyl (C=O) groups is 2. The van der Waals surface area contributed by atoms with Gasteiger partial charge in [0.15, 0.2) is 0 Å². The molecular weight excluding hydrogens is 398 g/mol. The average Bonchev–Trinajstić information content (AvgIpc) is 2.72. The highest BCUT2D eigenvalue weighted by Gasteiger charge is 2.20. The summed E-state index contributed by atoms with van der Waals surface area (Å²) >= 11 is 0.807. The zero-order valence-electron chi connectivity index (χ0n) is 17.2. The van der Waals surface area contributed by atoms with Crippen LogP contribution in [0.25, 0.3) is 0 Å². The molecule has 1 N–H and O–H groups in total. The molecule has 2 fully saturated rings. The Morgan fingerprint density at radius 2 is 1.34 bits per heavy atom. The maximum atomic E-state index is 11.7. The summed E-state index contributed by atoms with van der Waals surface area (Å²) < 4.78 is 10.5. The van der Waals surface area contributed by atoms with Gasteiger partial charge < -0.3 is 9.02 Å². The van der Waals surface area contributed by atoms with E-state index in [-0.39, 0.29) is 30.0 Å². The summed E-state index contributed by atoms with van der Waals surface area (Å²) in [4.78, 5) is 33.3. The molecule has 0 heterocycles. The van der Waals surface area contributed by atoms with E-state index in [1.54, 1.807) is 0 Å². The van der Waals surface area contributed by atoms with Gasteiger partial charge in [0.05, 0.1) is 12.2 Å². The Morgan fingerprint density at radius 1 is 0.793 bits per heavy atom. The second-order valence-corrected chi connectivity index (χ2v) is 8.36. The first-order chi connectivity index (χ1) is 14.1. The molecule has 2 aliphatic rings. The van der Waals surface area contributed by atoms with Gasteiger partial charge in [-0.05, 0) is 38.5 Å². The Hall–Kier alpha value is -0.870. The lowest BCUT2D eigenvalue weighted by Gasteiger charge is -2.23. The van der Waals surface area contributed by atoms with Gasteiger partial charge in [-0.2, -0.15) is 0 Å². The maximum absolute atomic E-state index is 11.7. The van der Waals surface area contributed by atoms with Crippen LogP contribution in [-0.4, -0.2) is 34.7 Å². The molecule has 0 aromatic carbocycles. The van der Waals surface area contributed by atoms with Crippen molar-refractivity contribution in [3.8, 4) is 0 Å². The van der Waals surface area contributed by atoms with Crippen molar-refractivity contribution < 1.29 is 32.8 Å². The number of hydrogen-bond donors (Lipinski definition) is 1. The third-order valence-electron chi connectivity index (χ3n) is 5.34. The van der Waals surface area contributed by atoms with E-state index < -0.39 is 5.97 Å². The van der Waals surface area contributed by atoms with Crippen molar-refractivity contribution >= 4 is 24.3 Å². The van der Waals surface area contributed by atoms with Crippen LogP contribution in [0, 0.1) is 0 Å². The molecule has 0 spiro atoms. The zero-order valence-corrected chi connectivity index (χ0v) is 18.0. The minimum Gasteiger partial charge on any atom is -0.364 e. The minimum absolute atomic E-state index is 0.0902. The second-order valence-electron chi connectivity index (χ2n) is 7.86. The molecule has 2 rings (SSSR count). The Labute approximate surface area is 177 Å². The third kappa shape index (κ3) is 11.8. The van der Waals surface area contributed by atoms with Gasteiger partial charge in [-0.25, -0.2) is 4.84 Å². The van der Waals surface area contributed by atoms with Crippen molar-refractivity contribution in [2.75, 3.05) is 0 Å². The monoisotopic (exact) mass is 433 g/mol. The number of nitrogens with zero attached hydrogens (tertiary/aromatic N) is 1. The average molecular weight is 434 g/mol. The molecular formula is C20H35NO7S. The molecule has 0 aromatic rings. The first-order valence-electron chi connectivity index (χ1n) is 11.0. The highest BCUT2D eigenvalue weighted by atomic mass is 32.2. The van der Waals surface area contributed by atoms with Gasteiger partial charge in [-0.3, -0.25) is 19.0 Å². The Balaban J connectivity index is 1.38. The van der Waals surface area contributed by atoms with Gasteiger partial charge in [-0.1, -0.05) is 51.4 Å². The Bertz CT molecular complexity index is 468. The minimum atomic E-state index is -0.529. The lowest BCUT2D eigenvalue weighted by Crippen LogP contribution is -2.30. The standard InChI is InChI=1S/C20H35NO7S/c22-19(26-21(24)25-17-11-5-3-6-12-17)15-9-1-2-10-16-20(23)28-29-27-18-13-7-4-8-14-18/h17-18,24H,1-16H2. The van der Waals surface area contributed by atoms with E-state index in [1.165, 1.54) is 25.7 Å². The van der Waals surface area contributed by atoms with Crippen LogP contribution in [0.15, 0.2) is 0 Å². The Kier molecular flexibility index (Phi) is 12.6. The lowest BCUT2D eigenvalue weighted by atomic mass is 9.98. The van der Waals surface area contributed by atoms with E-state index in [0.717, 1.165) is 63.7 Å². The lowest BCUT2D eigenvalue weighted by molar-refractivity contribution is -0.502. The van der Waals surface area contributed by atoms with E-state index in [4.69, 9.17) is 18.0 Å². The highest BCUT2D eigenvalue weighted by molar-refractivity contribution is 7.90. The number of hydrogen-bond acceptors (Lipinski definition) is 9. The molecule has 0 radical (unpaired) electrons. The summed E-state index contributed by atoms with van der Waals surface area (Å²) in [6, 6.07) is 0. The zero-order chi connectivity index (χ0) is 20.7. The van der Waals surface area contributed by atoms with Crippen LogP contribution in [-0.2, 0) is 27.6 Å². The van der Waals surface area contributed by atoms with E-state index in [9.17, 15) is 14.8 Å². The van der Waals surface area contributed by atoms with Crippen LogP contribution in [0.5, 0.6) is 0 Å². The summed E-state index contributed by atoms with van der Waals surface area (Å²) in [7, 11) is 0. The van der Waals surface area contributed by atoms with Crippen molar-refractivity contribution in [3.05, 3.63) is 0 Å². The predicted molar refractivity (Wildman–Crippen MR) is 107 cm³/mol. The van der Waals surface area contributed by atoms with Crippen molar-refractivity contribution in [2.24, 2.45) is 0 Å². The van der Waals surface area contributed by atoms with Gasteiger partial charge in [0.2, 0.25) is 12.3 Å². The first kappa shape index (κ1) is 24.4. The molecule has 2 saturated carbocycles. The molecule has 2 aliphatic carbocycles. The van der Waals surface area contributed by atoms with Crippen LogP contribution in [0.3, 0.4) is 0 Å². The van der Waals surface area contributed by atoms with Crippen LogP contribution in [0.2, 0.25) is 0 Å². The van der Waals surface area contributed by atoms with Gasteiger partial charge in [0, 0.05) is 12.8 Å². The summed E-state index contributed by atoms with van der Waals surface area (Å²) in [6.45, 7) is 0. The fraction of sp³-hybridized carbons (Fsp3) is 0.900. The molecule has 0 atom stereocenters. The van der Waals surface area contributed by atoms with Crippen LogP contribution in [0.4, 0.5) is 0 Å². The molecule has 168 valence electrons. The third-order valence-corrected chi connectivity index (χ3v) is 5.94. The number of rotatable bonds is 13. The van der Waals surface area contributed by atoms with Gasteiger partial charge in [0.1, 0.15) is 5.39 Å². The molecule has 0 saturated heterocycles. The molecule has 0 amide bonds.